The van der Waals surface area contributed by atoms with Crippen molar-refractivity contribution in [1.29, 1.82) is 0 Å². The summed E-state index contributed by atoms with van der Waals surface area (Å²) in [6.07, 6.45) is 9.74. The minimum Gasteiger partial charge on any atom is -0.297 e. The number of hydrogen-bond acceptors (Lipinski definition) is 3. The summed E-state index contributed by atoms with van der Waals surface area (Å²) < 4.78 is 0. The van der Waals surface area contributed by atoms with Crippen LogP contribution in [0.15, 0.2) is 5.38 Å². The normalized spacial score (nSPS) is 23.3. The number of thiazole rings is 1. The first-order valence-corrected chi connectivity index (χ1v) is 7.96. The zero-order valence-corrected chi connectivity index (χ0v) is 11.3. The molecule has 3 rings (SSSR count). The SMILES string of the molecule is c1sc(C2CCCCC2)nc1CN1CCCC1. The summed E-state index contributed by atoms with van der Waals surface area (Å²) in [6, 6.07) is 0. The third-order valence-corrected chi connectivity index (χ3v) is 5.16. The van der Waals surface area contributed by atoms with E-state index in [1.165, 1.54) is 68.7 Å². The number of aromatic nitrogens is 1. The molecule has 1 aliphatic carbocycles. The standard InChI is InChI=1S/C14H22N2S/c1-2-6-12(7-3-1)14-15-13(11-17-14)10-16-8-4-5-9-16/h11-12H,1-10H2. The smallest absolute Gasteiger partial charge is 0.0959 e. The Kier molecular flexibility index (Phi) is 3.77. The molecule has 1 aromatic heterocycles. The van der Waals surface area contributed by atoms with Gasteiger partial charge in [-0.15, -0.1) is 11.3 Å². The maximum atomic E-state index is 4.87. The first-order valence-electron chi connectivity index (χ1n) is 7.08. The molecule has 0 amide bonds. The Morgan fingerprint density at radius 3 is 2.65 bits per heavy atom. The Labute approximate surface area is 108 Å². The van der Waals surface area contributed by atoms with Gasteiger partial charge in [-0.2, -0.15) is 0 Å². The van der Waals surface area contributed by atoms with Crippen LogP contribution in [0.4, 0.5) is 0 Å². The van der Waals surface area contributed by atoms with Gasteiger partial charge < -0.3 is 0 Å². The van der Waals surface area contributed by atoms with Crippen molar-refractivity contribution in [3.63, 3.8) is 0 Å². The quantitative estimate of drug-likeness (QED) is 0.811. The predicted octanol–water partition coefficient (Wildman–Crippen LogP) is 3.79. The maximum absolute atomic E-state index is 4.87. The molecule has 3 heteroatoms. The lowest BCUT2D eigenvalue weighted by Gasteiger charge is -2.19. The molecule has 2 heterocycles. The van der Waals surface area contributed by atoms with Gasteiger partial charge in [-0.3, -0.25) is 4.90 Å². The maximum Gasteiger partial charge on any atom is 0.0959 e. The van der Waals surface area contributed by atoms with Crippen LogP contribution >= 0.6 is 11.3 Å². The Bertz CT molecular complexity index is 349. The van der Waals surface area contributed by atoms with Crippen LogP contribution < -0.4 is 0 Å². The van der Waals surface area contributed by atoms with Crippen molar-refractivity contribution >= 4 is 11.3 Å². The fourth-order valence-electron chi connectivity index (χ4n) is 3.10. The van der Waals surface area contributed by atoms with E-state index in [-0.39, 0.29) is 0 Å². The molecule has 17 heavy (non-hydrogen) atoms. The van der Waals surface area contributed by atoms with Gasteiger partial charge in [0.15, 0.2) is 0 Å². The Morgan fingerprint density at radius 1 is 1.12 bits per heavy atom. The molecule has 0 radical (unpaired) electrons. The van der Waals surface area contributed by atoms with Crippen LogP contribution in [-0.4, -0.2) is 23.0 Å². The molecule has 1 saturated carbocycles. The van der Waals surface area contributed by atoms with Crippen molar-refractivity contribution in [3.8, 4) is 0 Å². The molecule has 0 unspecified atom stereocenters. The number of nitrogens with zero attached hydrogens (tertiary/aromatic N) is 2. The van der Waals surface area contributed by atoms with Gasteiger partial charge in [0.1, 0.15) is 0 Å². The van der Waals surface area contributed by atoms with Gasteiger partial charge in [-0.05, 0) is 38.8 Å². The average molecular weight is 250 g/mol. The average Bonchev–Trinajstić information content (AvgIpc) is 3.02. The first kappa shape index (κ1) is 11.7. The molecule has 0 aromatic carbocycles. The second-order valence-corrected chi connectivity index (χ2v) is 6.38. The van der Waals surface area contributed by atoms with Gasteiger partial charge in [0.05, 0.1) is 10.7 Å². The summed E-state index contributed by atoms with van der Waals surface area (Å²) in [5.41, 5.74) is 1.32. The van der Waals surface area contributed by atoms with Crippen molar-refractivity contribution in [2.75, 3.05) is 13.1 Å². The molecule has 0 atom stereocenters. The molecule has 1 aromatic rings. The van der Waals surface area contributed by atoms with Gasteiger partial charge >= 0.3 is 0 Å². The monoisotopic (exact) mass is 250 g/mol. The fourth-order valence-corrected chi connectivity index (χ4v) is 4.08. The van der Waals surface area contributed by atoms with Gasteiger partial charge in [0.2, 0.25) is 0 Å². The predicted molar refractivity (Wildman–Crippen MR) is 72.5 cm³/mol. The van der Waals surface area contributed by atoms with E-state index in [1.807, 2.05) is 11.3 Å². The summed E-state index contributed by atoms with van der Waals surface area (Å²) in [5.74, 6) is 0.779. The van der Waals surface area contributed by atoms with Crippen molar-refractivity contribution in [2.45, 2.75) is 57.4 Å². The lowest BCUT2D eigenvalue weighted by molar-refractivity contribution is 0.327. The minimum atomic E-state index is 0.779. The van der Waals surface area contributed by atoms with Crippen LogP contribution in [0.25, 0.3) is 0 Å². The Morgan fingerprint density at radius 2 is 1.88 bits per heavy atom. The second-order valence-electron chi connectivity index (χ2n) is 5.50. The van der Waals surface area contributed by atoms with E-state index in [0.29, 0.717) is 0 Å². The van der Waals surface area contributed by atoms with E-state index in [2.05, 4.69) is 10.3 Å². The Hall–Kier alpha value is -0.410. The largest absolute Gasteiger partial charge is 0.297 e. The summed E-state index contributed by atoms with van der Waals surface area (Å²) >= 11 is 1.90. The zero-order valence-electron chi connectivity index (χ0n) is 10.5. The van der Waals surface area contributed by atoms with Crippen LogP contribution in [0.3, 0.4) is 0 Å². The topological polar surface area (TPSA) is 16.1 Å². The summed E-state index contributed by atoms with van der Waals surface area (Å²) in [6.45, 7) is 3.63. The Balaban J connectivity index is 1.60. The highest BCUT2D eigenvalue weighted by Crippen LogP contribution is 2.34. The van der Waals surface area contributed by atoms with Gasteiger partial charge in [-0.1, -0.05) is 19.3 Å². The summed E-state index contributed by atoms with van der Waals surface area (Å²) in [5, 5.41) is 3.71. The van der Waals surface area contributed by atoms with E-state index in [1.54, 1.807) is 0 Å². The molecule has 94 valence electrons. The van der Waals surface area contributed by atoms with E-state index in [0.717, 1.165) is 12.5 Å². The zero-order chi connectivity index (χ0) is 11.5. The highest BCUT2D eigenvalue weighted by Gasteiger charge is 2.19. The van der Waals surface area contributed by atoms with Crippen molar-refractivity contribution < 1.29 is 0 Å². The molecule has 2 aliphatic rings. The molecular formula is C14H22N2S. The third kappa shape index (κ3) is 2.89. The minimum absolute atomic E-state index is 0.779. The molecule has 0 N–H and O–H groups in total. The molecule has 0 bridgehead atoms. The lowest BCUT2D eigenvalue weighted by atomic mass is 9.90. The fraction of sp³-hybridized carbons (Fsp3) is 0.786. The first-order chi connectivity index (χ1) is 8.42. The molecule has 2 nitrogen and oxygen atoms in total. The second kappa shape index (κ2) is 5.49. The van der Waals surface area contributed by atoms with E-state index >= 15 is 0 Å². The van der Waals surface area contributed by atoms with E-state index in [4.69, 9.17) is 4.98 Å². The van der Waals surface area contributed by atoms with E-state index < -0.39 is 0 Å². The molecule has 1 aliphatic heterocycles. The van der Waals surface area contributed by atoms with Crippen LogP contribution in [0.2, 0.25) is 0 Å². The lowest BCUT2D eigenvalue weighted by Crippen LogP contribution is -2.18. The molecule has 2 fully saturated rings. The molecule has 0 spiro atoms. The molecule has 1 saturated heterocycles. The van der Waals surface area contributed by atoms with Gasteiger partial charge in [0.25, 0.3) is 0 Å². The van der Waals surface area contributed by atoms with Gasteiger partial charge in [0, 0.05) is 17.8 Å². The number of hydrogen-bond donors (Lipinski definition) is 0. The van der Waals surface area contributed by atoms with E-state index in [9.17, 15) is 0 Å². The van der Waals surface area contributed by atoms with Crippen LogP contribution in [0, 0.1) is 0 Å². The van der Waals surface area contributed by atoms with Crippen molar-refractivity contribution in [2.24, 2.45) is 0 Å². The molecular weight excluding hydrogens is 228 g/mol. The van der Waals surface area contributed by atoms with Crippen LogP contribution in [0.5, 0.6) is 0 Å². The van der Waals surface area contributed by atoms with Crippen LogP contribution in [0.1, 0.15) is 61.6 Å². The summed E-state index contributed by atoms with van der Waals surface area (Å²) in [4.78, 5) is 7.42. The number of likely N-dealkylation sites (tertiary alicyclic amines) is 1. The van der Waals surface area contributed by atoms with Crippen LogP contribution in [-0.2, 0) is 6.54 Å². The highest BCUT2D eigenvalue weighted by molar-refractivity contribution is 7.09. The highest BCUT2D eigenvalue weighted by atomic mass is 32.1. The number of rotatable bonds is 3. The van der Waals surface area contributed by atoms with Crippen molar-refractivity contribution in [1.82, 2.24) is 9.88 Å². The third-order valence-electron chi connectivity index (χ3n) is 4.11. The van der Waals surface area contributed by atoms with Crippen molar-refractivity contribution in [3.05, 3.63) is 16.1 Å². The van der Waals surface area contributed by atoms with Gasteiger partial charge in [-0.25, -0.2) is 4.98 Å². The summed E-state index contributed by atoms with van der Waals surface area (Å²) in [7, 11) is 0.